The smallest absolute Gasteiger partial charge is 0.188 e. The van der Waals surface area contributed by atoms with Gasteiger partial charge in [0.1, 0.15) is 5.82 Å². The molecule has 1 aliphatic rings. The standard InChI is InChI=1S/C17H27N7O/c18-17(20-8-4-9-23-11-13-25-14-12-23)19-7-3-6-16-22-21-15-5-1-2-10-24(15)16/h1-2,5,10H,3-4,6-9,11-14H2,(H3,18,19,20). The number of guanidine groups is 1. The molecule has 0 unspecified atom stereocenters. The van der Waals surface area contributed by atoms with Crippen LogP contribution in [-0.4, -0.2) is 71.4 Å². The number of ether oxygens (including phenoxy) is 1. The van der Waals surface area contributed by atoms with Gasteiger partial charge in [-0.3, -0.25) is 14.3 Å². The summed E-state index contributed by atoms with van der Waals surface area (Å²) in [6.07, 6.45) is 4.77. The van der Waals surface area contributed by atoms with Crippen molar-refractivity contribution >= 4 is 11.6 Å². The van der Waals surface area contributed by atoms with Crippen molar-refractivity contribution in [3.8, 4) is 0 Å². The van der Waals surface area contributed by atoms with Crippen molar-refractivity contribution in [2.24, 2.45) is 10.7 Å². The first kappa shape index (κ1) is 17.6. The molecule has 1 saturated heterocycles. The molecule has 2 aromatic heterocycles. The normalized spacial score (nSPS) is 16.4. The van der Waals surface area contributed by atoms with Gasteiger partial charge in [0.05, 0.1) is 13.2 Å². The summed E-state index contributed by atoms with van der Waals surface area (Å²) in [6.45, 7) is 6.35. The first-order valence-electron chi connectivity index (χ1n) is 8.95. The Kier molecular flexibility index (Phi) is 6.58. The van der Waals surface area contributed by atoms with Crippen LogP contribution in [0.4, 0.5) is 0 Å². The predicted molar refractivity (Wildman–Crippen MR) is 97.7 cm³/mol. The van der Waals surface area contributed by atoms with Crippen molar-refractivity contribution in [1.82, 2.24) is 24.8 Å². The van der Waals surface area contributed by atoms with Crippen molar-refractivity contribution in [3.05, 3.63) is 30.2 Å². The van der Waals surface area contributed by atoms with E-state index < -0.39 is 0 Å². The van der Waals surface area contributed by atoms with E-state index in [1.807, 2.05) is 28.8 Å². The lowest BCUT2D eigenvalue weighted by Gasteiger charge is -2.26. The molecule has 0 radical (unpaired) electrons. The molecule has 3 N–H and O–H groups in total. The Balaban J connectivity index is 1.30. The molecule has 0 aliphatic carbocycles. The first-order valence-corrected chi connectivity index (χ1v) is 8.95. The molecule has 3 heterocycles. The second-order valence-corrected chi connectivity index (χ2v) is 6.15. The van der Waals surface area contributed by atoms with E-state index in [9.17, 15) is 0 Å². The monoisotopic (exact) mass is 345 g/mol. The van der Waals surface area contributed by atoms with E-state index in [0.717, 1.165) is 70.1 Å². The Morgan fingerprint density at radius 1 is 1.24 bits per heavy atom. The SMILES string of the molecule is NC(=NCCCc1nnc2ccccn12)NCCCN1CCOCC1. The summed E-state index contributed by atoms with van der Waals surface area (Å²) in [4.78, 5) is 6.80. The molecular formula is C17H27N7O. The molecule has 2 aromatic rings. The molecule has 1 fully saturated rings. The van der Waals surface area contributed by atoms with Crippen molar-refractivity contribution < 1.29 is 4.74 Å². The highest BCUT2D eigenvalue weighted by atomic mass is 16.5. The number of hydrogen-bond acceptors (Lipinski definition) is 5. The zero-order chi connectivity index (χ0) is 17.3. The number of aromatic nitrogens is 3. The zero-order valence-electron chi connectivity index (χ0n) is 14.6. The number of fused-ring (bicyclic) bond motifs is 1. The van der Waals surface area contributed by atoms with Crippen LogP contribution in [0.5, 0.6) is 0 Å². The van der Waals surface area contributed by atoms with E-state index in [1.54, 1.807) is 0 Å². The number of pyridine rings is 1. The van der Waals surface area contributed by atoms with Gasteiger partial charge in [-0.05, 0) is 31.5 Å². The van der Waals surface area contributed by atoms with Crippen LogP contribution in [0.1, 0.15) is 18.7 Å². The van der Waals surface area contributed by atoms with Crippen LogP contribution in [-0.2, 0) is 11.2 Å². The maximum absolute atomic E-state index is 5.92. The van der Waals surface area contributed by atoms with Crippen LogP contribution in [0, 0.1) is 0 Å². The van der Waals surface area contributed by atoms with Gasteiger partial charge in [-0.15, -0.1) is 10.2 Å². The molecule has 0 saturated carbocycles. The second-order valence-electron chi connectivity index (χ2n) is 6.15. The van der Waals surface area contributed by atoms with Crippen LogP contribution < -0.4 is 11.1 Å². The maximum atomic E-state index is 5.92. The molecule has 136 valence electrons. The zero-order valence-corrected chi connectivity index (χ0v) is 14.6. The molecule has 0 amide bonds. The molecule has 0 bridgehead atoms. The number of hydrogen-bond donors (Lipinski definition) is 2. The lowest BCUT2D eigenvalue weighted by atomic mass is 10.3. The quantitative estimate of drug-likeness (QED) is 0.406. The summed E-state index contributed by atoms with van der Waals surface area (Å²) in [6, 6.07) is 5.90. The maximum Gasteiger partial charge on any atom is 0.188 e. The number of morpholine rings is 1. The van der Waals surface area contributed by atoms with Crippen molar-refractivity contribution in [1.29, 1.82) is 0 Å². The van der Waals surface area contributed by atoms with Crippen molar-refractivity contribution in [3.63, 3.8) is 0 Å². The van der Waals surface area contributed by atoms with Crippen LogP contribution in [0.3, 0.4) is 0 Å². The highest BCUT2D eigenvalue weighted by molar-refractivity contribution is 5.77. The Bertz CT molecular complexity index is 678. The van der Waals surface area contributed by atoms with Gasteiger partial charge in [0, 0.05) is 38.8 Å². The van der Waals surface area contributed by atoms with E-state index in [4.69, 9.17) is 10.5 Å². The summed E-state index contributed by atoms with van der Waals surface area (Å²) in [5.41, 5.74) is 6.79. The van der Waals surface area contributed by atoms with Gasteiger partial charge in [0.15, 0.2) is 11.6 Å². The Hall–Kier alpha value is -2.19. The third-order valence-electron chi connectivity index (χ3n) is 4.29. The third kappa shape index (κ3) is 5.40. The van der Waals surface area contributed by atoms with Crippen LogP contribution in [0.25, 0.3) is 5.65 Å². The fraction of sp³-hybridized carbons (Fsp3) is 0.588. The molecule has 3 rings (SSSR count). The van der Waals surface area contributed by atoms with Crippen LogP contribution in [0.2, 0.25) is 0 Å². The lowest BCUT2D eigenvalue weighted by Crippen LogP contribution is -2.39. The fourth-order valence-corrected chi connectivity index (χ4v) is 2.90. The minimum atomic E-state index is 0.521. The Labute approximate surface area is 148 Å². The van der Waals surface area contributed by atoms with Gasteiger partial charge >= 0.3 is 0 Å². The first-order chi connectivity index (χ1) is 12.3. The summed E-state index contributed by atoms with van der Waals surface area (Å²) < 4.78 is 7.35. The van der Waals surface area contributed by atoms with Gasteiger partial charge in [-0.1, -0.05) is 6.07 Å². The number of aliphatic imine (C=N–C) groups is 1. The molecule has 0 spiro atoms. The van der Waals surface area contributed by atoms with E-state index in [-0.39, 0.29) is 0 Å². The Morgan fingerprint density at radius 2 is 2.12 bits per heavy atom. The molecular weight excluding hydrogens is 318 g/mol. The van der Waals surface area contributed by atoms with Gasteiger partial charge in [0.25, 0.3) is 0 Å². The third-order valence-corrected chi connectivity index (χ3v) is 4.29. The number of aryl methyl sites for hydroxylation is 1. The van der Waals surface area contributed by atoms with Crippen LogP contribution in [0.15, 0.2) is 29.4 Å². The summed E-state index contributed by atoms with van der Waals surface area (Å²) >= 11 is 0. The average molecular weight is 345 g/mol. The molecule has 25 heavy (non-hydrogen) atoms. The van der Waals surface area contributed by atoms with Crippen molar-refractivity contribution in [2.45, 2.75) is 19.3 Å². The van der Waals surface area contributed by atoms with E-state index >= 15 is 0 Å². The van der Waals surface area contributed by atoms with E-state index in [0.29, 0.717) is 12.5 Å². The number of nitrogens with two attached hydrogens (primary N) is 1. The van der Waals surface area contributed by atoms with E-state index in [2.05, 4.69) is 25.4 Å². The minimum absolute atomic E-state index is 0.521. The van der Waals surface area contributed by atoms with E-state index in [1.165, 1.54) is 0 Å². The van der Waals surface area contributed by atoms with Crippen molar-refractivity contribution in [2.75, 3.05) is 45.9 Å². The second kappa shape index (κ2) is 9.33. The lowest BCUT2D eigenvalue weighted by molar-refractivity contribution is 0.0376. The largest absolute Gasteiger partial charge is 0.379 e. The average Bonchev–Trinajstić information content (AvgIpc) is 3.06. The summed E-state index contributed by atoms with van der Waals surface area (Å²) in [7, 11) is 0. The topological polar surface area (TPSA) is 93.1 Å². The molecule has 8 heteroatoms. The van der Waals surface area contributed by atoms with Gasteiger partial charge in [0.2, 0.25) is 0 Å². The molecule has 0 aromatic carbocycles. The molecule has 8 nitrogen and oxygen atoms in total. The molecule has 0 atom stereocenters. The number of nitrogens with one attached hydrogen (secondary N) is 1. The highest BCUT2D eigenvalue weighted by Crippen LogP contribution is 2.05. The van der Waals surface area contributed by atoms with Gasteiger partial charge in [-0.25, -0.2) is 0 Å². The van der Waals surface area contributed by atoms with Crippen LogP contribution >= 0.6 is 0 Å². The molecule has 1 aliphatic heterocycles. The number of nitrogens with zero attached hydrogens (tertiary/aromatic N) is 5. The van der Waals surface area contributed by atoms with Gasteiger partial charge in [-0.2, -0.15) is 0 Å². The summed E-state index contributed by atoms with van der Waals surface area (Å²) in [5.74, 6) is 1.48. The van der Waals surface area contributed by atoms with Gasteiger partial charge < -0.3 is 15.8 Å². The fourth-order valence-electron chi connectivity index (χ4n) is 2.90. The predicted octanol–water partition coefficient (Wildman–Crippen LogP) is 0.289. The summed E-state index contributed by atoms with van der Waals surface area (Å²) in [5, 5.41) is 11.6. The Morgan fingerprint density at radius 3 is 3.00 bits per heavy atom. The number of rotatable bonds is 8. The minimum Gasteiger partial charge on any atom is -0.379 e. The highest BCUT2D eigenvalue weighted by Gasteiger charge is 2.09.